The minimum absolute atomic E-state index is 0.150. The van der Waals surface area contributed by atoms with Crippen LogP contribution in [-0.4, -0.2) is 32.1 Å². The molecular formula is C14H17O5+. The molecular weight excluding hydrogens is 248 g/mol. The predicted octanol–water partition coefficient (Wildman–Crippen LogP) is 2.20. The number of rotatable bonds is 4. The van der Waals surface area contributed by atoms with Gasteiger partial charge >= 0.3 is 5.97 Å². The van der Waals surface area contributed by atoms with Gasteiger partial charge in [0.25, 0.3) is 0 Å². The van der Waals surface area contributed by atoms with Gasteiger partial charge in [-0.1, -0.05) is 0 Å². The van der Waals surface area contributed by atoms with Gasteiger partial charge in [-0.2, -0.15) is 0 Å². The Morgan fingerprint density at radius 2 is 1.84 bits per heavy atom. The highest BCUT2D eigenvalue weighted by Gasteiger charge is 2.31. The van der Waals surface area contributed by atoms with Crippen molar-refractivity contribution in [2.24, 2.45) is 0 Å². The molecule has 5 nitrogen and oxygen atoms in total. The zero-order valence-corrected chi connectivity index (χ0v) is 11.2. The Labute approximate surface area is 111 Å². The lowest BCUT2D eigenvalue weighted by Crippen LogP contribution is -2.17. The largest absolute Gasteiger partial charge is 0.514 e. The monoisotopic (exact) mass is 265 g/mol. The molecule has 1 atom stereocenters. The number of carbonyl (C=O) groups excluding carboxylic acids is 1. The minimum atomic E-state index is -0.306. The molecule has 19 heavy (non-hydrogen) atoms. The molecule has 0 bridgehead atoms. The first kappa shape index (κ1) is 13.3. The van der Waals surface area contributed by atoms with Crippen LogP contribution in [0.15, 0.2) is 30.0 Å². The van der Waals surface area contributed by atoms with E-state index < -0.39 is 0 Å². The first-order valence-corrected chi connectivity index (χ1v) is 5.87. The van der Waals surface area contributed by atoms with Crippen molar-refractivity contribution >= 4 is 5.97 Å². The average molecular weight is 265 g/mol. The molecule has 0 aromatic heterocycles. The second-order valence-corrected chi connectivity index (χ2v) is 4.08. The van der Waals surface area contributed by atoms with Crippen molar-refractivity contribution in [1.29, 1.82) is 0 Å². The summed E-state index contributed by atoms with van der Waals surface area (Å²) in [6.45, 7) is 0. The summed E-state index contributed by atoms with van der Waals surface area (Å²) in [6.07, 6.45) is 1.72. The Hall–Kier alpha value is -2.17. The Bertz CT molecular complexity index is 507. The van der Waals surface area contributed by atoms with Crippen LogP contribution in [0.1, 0.15) is 18.1 Å². The van der Waals surface area contributed by atoms with Crippen molar-refractivity contribution in [3.05, 3.63) is 35.6 Å². The van der Waals surface area contributed by atoms with E-state index in [0.717, 1.165) is 5.56 Å². The van der Waals surface area contributed by atoms with Crippen LogP contribution in [0.25, 0.3) is 0 Å². The maximum Gasteiger partial charge on any atom is 0.514 e. The lowest BCUT2D eigenvalue weighted by atomic mass is 10.0. The van der Waals surface area contributed by atoms with Gasteiger partial charge in [0.2, 0.25) is 6.10 Å². The van der Waals surface area contributed by atoms with E-state index in [-0.39, 0.29) is 12.1 Å². The summed E-state index contributed by atoms with van der Waals surface area (Å²) in [5.41, 5.74) is 0.881. The van der Waals surface area contributed by atoms with Crippen LogP contribution >= 0.6 is 0 Å². The third kappa shape index (κ3) is 2.81. The SMILES string of the molecule is COC1=CC(=[OH+])OC(c2ccc(OC)c(OC)c2)C1. The summed E-state index contributed by atoms with van der Waals surface area (Å²) in [4.78, 5) is 9.55. The van der Waals surface area contributed by atoms with Gasteiger partial charge in [-0.15, -0.1) is 0 Å². The van der Waals surface area contributed by atoms with Crippen molar-refractivity contribution in [1.82, 2.24) is 0 Å². The minimum Gasteiger partial charge on any atom is -0.500 e. The van der Waals surface area contributed by atoms with Crippen molar-refractivity contribution in [2.75, 3.05) is 21.3 Å². The van der Waals surface area contributed by atoms with Gasteiger partial charge in [0.15, 0.2) is 11.5 Å². The topological polar surface area (TPSA) is 58.3 Å². The number of benzene rings is 1. The molecule has 102 valence electrons. The van der Waals surface area contributed by atoms with Gasteiger partial charge in [-0.3, -0.25) is 0 Å². The summed E-state index contributed by atoms with van der Waals surface area (Å²) in [5.74, 6) is 1.79. The normalized spacial score (nSPS) is 18.4. The smallest absolute Gasteiger partial charge is 0.500 e. The van der Waals surface area contributed by atoms with Crippen molar-refractivity contribution in [3.8, 4) is 11.5 Å². The van der Waals surface area contributed by atoms with Crippen LogP contribution in [0, 0.1) is 0 Å². The summed E-state index contributed by atoms with van der Waals surface area (Å²) in [7, 11) is 4.73. The van der Waals surface area contributed by atoms with E-state index in [2.05, 4.69) is 0 Å². The maximum absolute atomic E-state index is 9.55. The lowest BCUT2D eigenvalue weighted by molar-refractivity contribution is 0.134. The lowest BCUT2D eigenvalue weighted by Gasteiger charge is -2.17. The van der Waals surface area contributed by atoms with E-state index in [1.165, 1.54) is 6.08 Å². The highest BCUT2D eigenvalue weighted by molar-refractivity contribution is 5.84. The van der Waals surface area contributed by atoms with E-state index >= 15 is 0 Å². The standard InChI is InChI=1S/C14H16O5/c1-16-10-7-12(19-14(15)8-10)9-4-5-11(17-2)13(6-9)18-3/h4-6,8,12H,7H2,1-3H3/p+1. The van der Waals surface area contributed by atoms with Crippen molar-refractivity contribution in [2.45, 2.75) is 12.5 Å². The first-order chi connectivity index (χ1) is 9.17. The van der Waals surface area contributed by atoms with E-state index in [1.807, 2.05) is 12.1 Å². The molecule has 2 rings (SSSR count). The molecule has 1 aromatic carbocycles. The van der Waals surface area contributed by atoms with Gasteiger partial charge in [0, 0.05) is 5.56 Å². The van der Waals surface area contributed by atoms with E-state index in [1.54, 1.807) is 27.4 Å². The number of cyclic esters (lactones) is 1. The molecule has 1 aliphatic heterocycles. The second-order valence-electron chi connectivity index (χ2n) is 4.08. The zero-order valence-electron chi connectivity index (χ0n) is 11.2. The summed E-state index contributed by atoms with van der Waals surface area (Å²) in [5, 5.41) is 0. The predicted molar refractivity (Wildman–Crippen MR) is 70.0 cm³/mol. The third-order valence-corrected chi connectivity index (χ3v) is 2.98. The van der Waals surface area contributed by atoms with Crippen molar-refractivity contribution < 1.29 is 23.7 Å². The molecule has 0 saturated carbocycles. The summed E-state index contributed by atoms with van der Waals surface area (Å²) in [6, 6.07) is 5.51. The van der Waals surface area contributed by atoms with Gasteiger partial charge in [-0.25, -0.2) is 0 Å². The summed E-state index contributed by atoms with van der Waals surface area (Å²) < 4.78 is 21.0. The van der Waals surface area contributed by atoms with E-state index in [0.29, 0.717) is 23.7 Å². The number of esters is 1. The Kier molecular flexibility index (Phi) is 3.94. The molecule has 0 saturated heterocycles. The van der Waals surface area contributed by atoms with Gasteiger partial charge < -0.3 is 23.7 Å². The van der Waals surface area contributed by atoms with Crippen molar-refractivity contribution in [3.63, 3.8) is 0 Å². The number of hydrogen-bond acceptors (Lipinski definition) is 4. The van der Waals surface area contributed by atoms with Crippen LogP contribution in [0.2, 0.25) is 0 Å². The Morgan fingerprint density at radius 1 is 1.11 bits per heavy atom. The van der Waals surface area contributed by atoms with Gasteiger partial charge in [0.1, 0.15) is 11.8 Å². The fourth-order valence-electron chi connectivity index (χ4n) is 1.98. The number of methoxy groups -OCH3 is 3. The highest BCUT2D eigenvalue weighted by Crippen LogP contribution is 2.35. The molecule has 1 unspecified atom stereocenters. The van der Waals surface area contributed by atoms with Gasteiger partial charge in [-0.05, 0) is 18.2 Å². The summed E-state index contributed by atoms with van der Waals surface area (Å²) >= 11 is 0. The highest BCUT2D eigenvalue weighted by atomic mass is 16.6. The Morgan fingerprint density at radius 3 is 2.47 bits per heavy atom. The number of ether oxygens (including phenoxy) is 4. The Balaban J connectivity index is 2.27. The quantitative estimate of drug-likeness (QED) is 0.618. The molecule has 0 spiro atoms. The maximum atomic E-state index is 9.55. The number of hydrogen-bond donors (Lipinski definition) is 0. The van der Waals surface area contributed by atoms with Crippen LogP contribution in [0.5, 0.6) is 11.5 Å². The fourth-order valence-corrected chi connectivity index (χ4v) is 1.98. The molecule has 1 heterocycles. The second kappa shape index (κ2) is 5.65. The average Bonchev–Trinajstić information content (AvgIpc) is 2.45. The van der Waals surface area contributed by atoms with Crippen LogP contribution in [0.3, 0.4) is 0 Å². The van der Waals surface area contributed by atoms with Crippen LogP contribution < -0.4 is 9.47 Å². The molecule has 0 fully saturated rings. The molecule has 0 radical (unpaired) electrons. The fraction of sp³-hybridized carbons (Fsp3) is 0.357. The van der Waals surface area contributed by atoms with Gasteiger partial charge in [0.05, 0.1) is 27.8 Å². The molecule has 1 N–H and O–H groups in total. The zero-order chi connectivity index (χ0) is 13.8. The molecule has 0 aliphatic carbocycles. The first-order valence-electron chi connectivity index (χ1n) is 5.87. The molecule has 5 heteroatoms. The molecule has 1 aliphatic rings. The van der Waals surface area contributed by atoms with Crippen LogP contribution in [0.4, 0.5) is 0 Å². The van der Waals surface area contributed by atoms with Crippen LogP contribution in [-0.2, 0) is 9.47 Å². The molecule has 1 aromatic rings. The van der Waals surface area contributed by atoms with E-state index in [9.17, 15) is 4.79 Å². The third-order valence-electron chi connectivity index (χ3n) is 2.98. The molecule has 0 amide bonds. The van der Waals surface area contributed by atoms with E-state index in [4.69, 9.17) is 18.9 Å².